The first-order valence-electron chi connectivity index (χ1n) is 16.0. The molecular formula is C43H31N3S. The minimum Gasteiger partial charge on any atom is -0.310 e. The van der Waals surface area contributed by atoms with E-state index in [0.29, 0.717) is 0 Å². The van der Waals surface area contributed by atoms with Gasteiger partial charge in [0.25, 0.3) is 0 Å². The molecule has 0 N–H and O–H groups in total. The van der Waals surface area contributed by atoms with Gasteiger partial charge in [-0.1, -0.05) is 117 Å². The molecule has 1 aliphatic rings. The van der Waals surface area contributed by atoms with Gasteiger partial charge in [-0.3, -0.25) is 0 Å². The quantitative estimate of drug-likeness (QED) is 0.183. The van der Waals surface area contributed by atoms with E-state index in [2.05, 4.69) is 170 Å². The Kier molecular flexibility index (Phi) is 6.34. The summed E-state index contributed by atoms with van der Waals surface area (Å²) in [5, 5.41) is 5.76. The molecular weight excluding hydrogens is 591 g/mol. The Morgan fingerprint density at radius 1 is 0.532 bits per heavy atom. The van der Waals surface area contributed by atoms with Crippen LogP contribution in [0.1, 0.15) is 25.0 Å². The van der Waals surface area contributed by atoms with Crippen LogP contribution in [0.4, 0.5) is 17.1 Å². The molecule has 1 aromatic heterocycles. The second-order valence-electron chi connectivity index (χ2n) is 12.8. The third-order valence-electron chi connectivity index (χ3n) is 9.62. The van der Waals surface area contributed by atoms with Gasteiger partial charge in [-0.05, 0) is 104 Å². The van der Waals surface area contributed by atoms with E-state index >= 15 is 0 Å². The normalized spacial score (nSPS) is 13.4. The summed E-state index contributed by atoms with van der Waals surface area (Å²) in [6.07, 6.45) is 0. The topological polar surface area (TPSA) is 29.0 Å². The minimum atomic E-state index is -0.202. The number of fused-ring (bicyclic) bond motifs is 4. The lowest BCUT2D eigenvalue weighted by molar-refractivity contribution is 0.632. The molecule has 8 aromatic rings. The van der Waals surface area contributed by atoms with Crippen molar-refractivity contribution in [2.45, 2.75) is 19.3 Å². The van der Waals surface area contributed by atoms with Crippen LogP contribution in [0, 0.1) is 0 Å². The Morgan fingerprint density at radius 3 is 2.02 bits per heavy atom. The summed E-state index contributed by atoms with van der Waals surface area (Å²) in [6, 6.07) is 54.5. The van der Waals surface area contributed by atoms with E-state index in [4.69, 9.17) is 9.36 Å². The molecule has 3 nitrogen and oxygen atoms in total. The Morgan fingerprint density at radius 2 is 1.19 bits per heavy atom. The van der Waals surface area contributed by atoms with Crippen molar-refractivity contribution in [3.8, 4) is 33.1 Å². The first kappa shape index (κ1) is 27.7. The highest BCUT2D eigenvalue weighted by Gasteiger charge is 2.37. The molecule has 4 heteroatoms. The third kappa shape index (κ3) is 4.56. The lowest BCUT2D eigenvalue weighted by atomic mass is 9.73. The van der Waals surface area contributed by atoms with Gasteiger partial charge in [0.05, 0.1) is 11.4 Å². The lowest BCUT2D eigenvalue weighted by Crippen LogP contribution is -2.30. The molecule has 0 radical (unpaired) electrons. The van der Waals surface area contributed by atoms with Crippen LogP contribution in [0.15, 0.2) is 152 Å². The van der Waals surface area contributed by atoms with Crippen molar-refractivity contribution >= 4 is 50.1 Å². The van der Waals surface area contributed by atoms with Crippen molar-refractivity contribution in [2.75, 3.05) is 4.90 Å². The smallest absolute Gasteiger partial charge is 0.174 e. The molecule has 0 atom stereocenters. The van der Waals surface area contributed by atoms with Crippen LogP contribution in [0.5, 0.6) is 0 Å². The number of benzene rings is 7. The molecule has 1 aliphatic heterocycles. The molecule has 0 aliphatic carbocycles. The highest BCUT2D eigenvalue weighted by molar-refractivity contribution is 7.09. The molecule has 9 rings (SSSR count). The van der Waals surface area contributed by atoms with Crippen LogP contribution in [0.3, 0.4) is 0 Å². The summed E-state index contributed by atoms with van der Waals surface area (Å²) < 4.78 is 4.89. The van der Waals surface area contributed by atoms with Gasteiger partial charge >= 0.3 is 0 Å². The van der Waals surface area contributed by atoms with Crippen molar-refractivity contribution in [3.63, 3.8) is 0 Å². The number of hydrogen-bond acceptors (Lipinski definition) is 4. The molecule has 224 valence electrons. The SMILES string of the molecule is CC1(C)c2ccccc2N(c2ccc(-c3ccccc3)cc2)c2ccc(-c3nc(-c4cccc5cc6ccccc6cc45)ns3)cc21. The van der Waals surface area contributed by atoms with Gasteiger partial charge in [0.15, 0.2) is 5.82 Å². The maximum Gasteiger partial charge on any atom is 0.174 e. The Hall–Kier alpha value is -5.58. The molecule has 47 heavy (non-hydrogen) atoms. The van der Waals surface area contributed by atoms with Crippen LogP contribution < -0.4 is 4.90 Å². The van der Waals surface area contributed by atoms with Gasteiger partial charge in [-0.2, -0.15) is 4.37 Å². The highest BCUT2D eigenvalue weighted by atomic mass is 32.1. The Bertz CT molecular complexity index is 2440. The Labute approximate surface area is 278 Å². The molecule has 0 unspecified atom stereocenters. The number of anilines is 3. The van der Waals surface area contributed by atoms with Gasteiger partial charge in [0, 0.05) is 22.2 Å². The molecule has 0 bridgehead atoms. The third-order valence-corrected chi connectivity index (χ3v) is 10.4. The van der Waals surface area contributed by atoms with Gasteiger partial charge in [0.1, 0.15) is 5.01 Å². The Balaban J connectivity index is 1.13. The number of nitrogens with zero attached hydrogens (tertiary/aromatic N) is 3. The van der Waals surface area contributed by atoms with Gasteiger partial charge in [0.2, 0.25) is 0 Å². The largest absolute Gasteiger partial charge is 0.310 e. The number of para-hydroxylation sites is 1. The lowest BCUT2D eigenvalue weighted by Gasteiger charge is -2.42. The number of hydrogen-bond donors (Lipinski definition) is 0. The van der Waals surface area contributed by atoms with Crippen molar-refractivity contribution < 1.29 is 0 Å². The second kappa shape index (κ2) is 10.8. The average molecular weight is 622 g/mol. The summed E-state index contributed by atoms with van der Waals surface area (Å²) in [4.78, 5) is 7.53. The van der Waals surface area contributed by atoms with E-state index in [-0.39, 0.29) is 5.41 Å². The van der Waals surface area contributed by atoms with E-state index < -0.39 is 0 Å². The summed E-state index contributed by atoms with van der Waals surface area (Å²) in [5.41, 5.74) is 10.5. The molecule has 7 aromatic carbocycles. The maximum absolute atomic E-state index is 5.13. The summed E-state index contributed by atoms with van der Waals surface area (Å²) >= 11 is 1.47. The van der Waals surface area contributed by atoms with Crippen LogP contribution >= 0.6 is 11.5 Å². The van der Waals surface area contributed by atoms with E-state index in [0.717, 1.165) is 27.6 Å². The second-order valence-corrected chi connectivity index (χ2v) is 13.5. The highest BCUT2D eigenvalue weighted by Crippen LogP contribution is 2.52. The van der Waals surface area contributed by atoms with E-state index in [9.17, 15) is 0 Å². The number of aromatic nitrogens is 2. The van der Waals surface area contributed by atoms with Crippen molar-refractivity contribution in [3.05, 3.63) is 163 Å². The maximum atomic E-state index is 5.13. The zero-order valence-electron chi connectivity index (χ0n) is 26.2. The predicted molar refractivity (Wildman–Crippen MR) is 198 cm³/mol. The van der Waals surface area contributed by atoms with Crippen molar-refractivity contribution in [1.82, 2.24) is 9.36 Å². The fourth-order valence-corrected chi connectivity index (χ4v) is 7.83. The van der Waals surface area contributed by atoms with E-state index in [1.807, 2.05) is 0 Å². The van der Waals surface area contributed by atoms with Crippen molar-refractivity contribution in [2.24, 2.45) is 0 Å². The van der Waals surface area contributed by atoms with Gasteiger partial charge in [-0.25, -0.2) is 4.98 Å². The van der Waals surface area contributed by atoms with Crippen LogP contribution in [0.25, 0.3) is 54.6 Å². The molecule has 0 fully saturated rings. The average Bonchev–Trinajstić information content (AvgIpc) is 3.62. The van der Waals surface area contributed by atoms with Crippen molar-refractivity contribution in [1.29, 1.82) is 0 Å². The standard InChI is InChI=1S/C43H31N3S/c1-43(2)37-17-8-9-18-39(37)46(34-22-19-29(20-23-34)28-11-4-3-5-12-28)40-24-21-33(27-38(40)43)42-44-41(45-47-42)35-16-10-15-32-25-30-13-6-7-14-31(30)26-36(32)35/h3-27H,1-2H3. The van der Waals surface area contributed by atoms with Crippen LogP contribution in [-0.4, -0.2) is 9.36 Å². The predicted octanol–water partition coefficient (Wildman–Crippen LogP) is 12.0. The molecule has 0 saturated heterocycles. The minimum absolute atomic E-state index is 0.202. The van der Waals surface area contributed by atoms with Gasteiger partial charge in [-0.15, -0.1) is 0 Å². The van der Waals surface area contributed by atoms with Crippen LogP contribution in [0.2, 0.25) is 0 Å². The molecule has 0 saturated carbocycles. The van der Waals surface area contributed by atoms with E-state index in [1.165, 1.54) is 66.7 Å². The number of rotatable bonds is 4. The fraction of sp³-hybridized carbons (Fsp3) is 0.0698. The summed E-state index contributed by atoms with van der Waals surface area (Å²) in [7, 11) is 0. The first-order valence-corrected chi connectivity index (χ1v) is 16.8. The monoisotopic (exact) mass is 621 g/mol. The first-order chi connectivity index (χ1) is 23.0. The molecule has 2 heterocycles. The zero-order chi connectivity index (χ0) is 31.5. The fourth-order valence-electron chi connectivity index (χ4n) is 7.16. The molecule has 0 spiro atoms. The summed E-state index contributed by atoms with van der Waals surface area (Å²) in [5.74, 6) is 0.772. The molecule has 0 amide bonds. The van der Waals surface area contributed by atoms with Crippen LogP contribution in [-0.2, 0) is 5.41 Å². The zero-order valence-corrected chi connectivity index (χ0v) is 27.0. The van der Waals surface area contributed by atoms with Gasteiger partial charge < -0.3 is 4.90 Å². The van der Waals surface area contributed by atoms with E-state index in [1.54, 1.807) is 0 Å². The summed E-state index contributed by atoms with van der Waals surface area (Å²) in [6.45, 7) is 4.66.